The van der Waals surface area contributed by atoms with Crippen LogP contribution in [-0.4, -0.2) is 32.3 Å². The molecule has 0 spiro atoms. The predicted octanol–water partition coefficient (Wildman–Crippen LogP) is -0.309. The number of nitrogens with one attached hydrogen (secondary N) is 1. The molecule has 0 atom stereocenters. The monoisotopic (exact) mass is 197 g/mol. The van der Waals surface area contributed by atoms with Crippen LogP contribution in [0, 0.1) is 0 Å². The number of methoxy groups -OCH3 is 1. The van der Waals surface area contributed by atoms with Gasteiger partial charge in [0.15, 0.2) is 0 Å². The lowest BCUT2D eigenvalue weighted by Crippen LogP contribution is -2.27. The Labute approximate surface area is 76.8 Å². The second-order valence-corrected chi connectivity index (χ2v) is 1.78. The fourth-order valence-electron chi connectivity index (χ4n) is 0.378. The largest absolute Gasteiger partial charge is 0.468 e. The van der Waals surface area contributed by atoms with Crippen LogP contribution in [-0.2, 0) is 19.1 Å². The fourth-order valence-corrected chi connectivity index (χ4v) is 0.378. The number of hydrogen-bond donors (Lipinski definition) is 1. The lowest BCUT2D eigenvalue weighted by atomic mass is 10.6. The van der Waals surface area contributed by atoms with Crippen molar-refractivity contribution in [2.75, 3.05) is 20.4 Å². The summed E-state index contributed by atoms with van der Waals surface area (Å²) in [5.41, 5.74) is 0. The Kier molecular flexibility index (Phi) is 9.50. The van der Waals surface area contributed by atoms with Crippen molar-refractivity contribution in [3.05, 3.63) is 0 Å². The van der Waals surface area contributed by atoms with E-state index in [1.807, 2.05) is 0 Å². The molecule has 1 N–H and O–H groups in total. The maximum atomic E-state index is 10.4. The summed E-state index contributed by atoms with van der Waals surface area (Å²) in [4.78, 5) is 20.6. The van der Waals surface area contributed by atoms with Crippen molar-refractivity contribution in [3.8, 4) is 0 Å². The number of halogens is 1. The van der Waals surface area contributed by atoms with Gasteiger partial charge in [0.05, 0.1) is 13.7 Å². The summed E-state index contributed by atoms with van der Waals surface area (Å²) in [7, 11) is 1.29. The van der Waals surface area contributed by atoms with Gasteiger partial charge in [0, 0.05) is 6.92 Å². The molecule has 12 heavy (non-hydrogen) atoms. The van der Waals surface area contributed by atoms with Crippen LogP contribution >= 0.6 is 12.4 Å². The third kappa shape index (κ3) is 9.19. The number of esters is 2. The summed E-state index contributed by atoms with van der Waals surface area (Å²) in [5, 5.41) is 2.55. The standard InChI is InChI=1S/C6H11NO4.ClH/c1-5(8)11-4-7-3-6(9)10-2;/h7H,3-4H2,1-2H3;1H. The van der Waals surface area contributed by atoms with E-state index in [9.17, 15) is 9.59 Å². The van der Waals surface area contributed by atoms with Crippen molar-refractivity contribution in [1.82, 2.24) is 5.32 Å². The van der Waals surface area contributed by atoms with E-state index in [0.717, 1.165) is 0 Å². The number of ether oxygens (including phenoxy) is 2. The van der Waals surface area contributed by atoms with Crippen LogP contribution in [0.25, 0.3) is 0 Å². The van der Waals surface area contributed by atoms with Gasteiger partial charge < -0.3 is 9.47 Å². The first-order chi connectivity index (χ1) is 5.16. The van der Waals surface area contributed by atoms with Crippen LogP contribution in [0.5, 0.6) is 0 Å². The first kappa shape index (κ1) is 13.8. The lowest BCUT2D eigenvalue weighted by molar-refractivity contribution is -0.144. The molecule has 0 bridgehead atoms. The van der Waals surface area contributed by atoms with Crippen LogP contribution in [0.4, 0.5) is 0 Å². The molecule has 6 heteroatoms. The van der Waals surface area contributed by atoms with Gasteiger partial charge in [-0.05, 0) is 0 Å². The van der Waals surface area contributed by atoms with E-state index in [1.165, 1.54) is 14.0 Å². The quantitative estimate of drug-likeness (QED) is 0.381. The molecule has 0 aromatic carbocycles. The van der Waals surface area contributed by atoms with E-state index >= 15 is 0 Å². The van der Waals surface area contributed by atoms with Gasteiger partial charge in [0.25, 0.3) is 0 Å². The number of hydrogen-bond acceptors (Lipinski definition) is 5. The molecule has 0 aromatic heterocycles. The number of carbonyl (C=O) groups excluding carboxylic acids is 2. The average molecular weight is 198 g/mol. The van der Waals surface area contributed by atoms with E-state index < -0.39 is 5.97 Å². The first-order valence-electron chi connectivity index (χ1n) is 3.07. The highest BCUT2D eigenvalue weighted by Crippen LogP contribution is 1.73. The van der Waals surface area contributed by atoms with E-state index in [2.05, 4.69) is 14.8 Å². The lowest BCUT2D eigenvalue weighted by Gasteiger charge is -2.02. The molecule has 0 unspecified atom stereocenters. The van der Waals surface area contributed by atoms with Gasteiger partial charge in [0.1, 0.15) is 6.73 Å². The van der Waals surface area contributed by atoms with Crippen molar-refractivity contribution in [2.45, 2.75) is 6.92 Å². The topological polar surface area (TPSA) is 64.6 Å². The maximum absolute atomic E-state index is 10.4. The second-order valence-electron chi connectivity index (χ2n) is 1.78. The Balaban J connectivity index is 0. The molecule has 0 fully saturated rings. The van der Waals surface area contributed by atoms with Crippen LogP contribution in [0.15, 0.2) is 0 Å². The van der Waals surface area contributed by atoms with Gasteiger partial charge in [-0.1, -0.05) is 0 Å². The molecule has 0 aliphatic carbocycles. The Hall–Kier alpha value is -0.810. The summed E-state index contributed by atoms with van der Waals surface area (Å²) in [6.07, 6.45) is 0. The molecule has 0 aliphatic rings. The Bertz CT molecular complexity index is 150. The summed E-state index contributed by atoms with van der Waals surface area (Å²) in [6.45, 7) is 1.37. The van der Waals surface area contributed by atoms with Gasteiger partial charge in [-0.3, -0.25) is 14.9 Å². The van der Waals surface area contributed by atoms with E-state index in [-0.39, 0.29) is 31.7 Å². The van der Waals surface area contributed by atoms with Gasteiger partial charge in [0.2, 0.25) is 0 Å². The first-order valence-corrected chi connectivity index (χ1v) is 3.07. The van der Waals surface area contributed by atoms with Crippen LogP contribution in [0.3, 0.4) is 0 Å². The SMILES string of the molecule is COC(=O)CNCOC(C)=O.Cl. The molecule has 0 aromatic rings. The molecule has 0 rings (SSSR count). The van der Waals surface area contributed by atoms with Crippen molar-refractivity contribution >= 4 is 24.3 Å². The minimum Gasteiger partial charge on any atom is -0.468 e. The highest BCUT2D eigenvalue weighted by atomic mass is 35.5. The van der Waals surface area contributed by atoms with E-state index in [1.54, 1.807) is 0 Å². The van der Waals surface area contributed by atoms with Gasteiger partial charge in [-0.25, -0.2) is 0 Å². The molecular formula is C6H12ClNO4. The van der Waals surface area contributed by atoms with E-state index in [0.29, 0.717) is 0 Å². The number of rotatable bonds is 4. The highest BCUT2D eigenvalue weighted by molar-refractivity contribution is 5.85. The third-order valence-electron chi connectivity index (χ3n) is 0.875. The highest BCUT2D eigenvalue weighted by Gasteiger charge is 1.97. The number of carbonyl (C=O) groups is 2. The van der Waals surface area contributed by atoms with Gasteiger partial charge >= 0.3 is 11.9 Å². The van der Waals surface area contributed by atoms with Crippen LogP contribution < -0.4 is 5.32 Å². The minimum atomic E-state index is -0.392. The average Bonchev–Trinajstić information content (AvgIpc) is 1.97. The Morgan fingerprint density at radius 1 is 1.42 bits per heavy atom. The molecule has 5 nitrogen and oxygen atoms in total. The van der Waals surface area contributed by atoms with Crippen molar-refractivity contribution in [2.24, 2.45) is 0 Å². The zero-order valence-electron chi connectivity index (χ0n) is 6.96. The zero-order valence-corrected chi connectivity index (χ0v) is 7.77. The maximum Gasteiger partial charge on any atom is 0.319 e. The van der Waals surface area contributed by atoms with Crippen LogP contribution in [0.2, 0.25) is 0 Å². The van der Waals surface area contributed by atoms with Gasteiger partial charge in [-0.15, -0.1) is 12.4 Å². The second kappa shape index (κ2) is 8.29. The summed E-state index contributed by atoms with van der Waals surface area (Å²) in [5.74, 6) is -0.778. The molecule has 0 saturated carbocycles. The van der Waals surface area contributed by atoms with Gasteiger partial charge in [-0.2, -0.15) is 0 Å². The zero-order chi connectivity index (χ0) is 8.69. The molecule has 72 valence electrons. The normalized spacial score (nSPS) is 8.17. The summed E-state index contributed by atoms with van der Waals surface area (Å²) < 4.78 is 8.79. The fraction of sp³-hybridized carbons (Fsp3) is 0.667. The minimum absolute atomic E-state index is 0. The third-order valence-corrected chi connectivity index (χ3v) is 0.875. The van der Waals surface area contributed by atoms with Crippen molar-refractivity contribution < 1.29 is 19.1 Å². The van der Waals surface area contributed by atoms with Crippen molar-refractivity contribution in [1.29, 1.82) is 0 Å². The molecular weight excluding hydrogens is 186 g/mol. The molecule has 0 heterocycles. The van der Waals surface area contributed by atoms with Crippen LogP contribution in [0.1, 0.15) is 6.92 Å². The molecule has 0 amide bonds. The van der Waals surface area contributed by atoms with E-state index in [4.69, 9.17) is 0 Å². The molecule has 0 radical (unpaired) electrons. The predicted molar refractivity (Wildman–Crippen MR) is 43.9 cm³/mol. The Morgan fingerprint density at radius 2 is 2.00 bits per heavy atom. The molecule has 0 saturated heterocycles. The summed E-state index contributed by atoms with van der Waals surface area (Å²) in [6, 6.07) is 0. The molecule has 0 aliphatic heterocycles. The summed E-state index contributed by atoms with van der Waals surface area (Å²) >= 11 is 0. The Morgan fingerprint density at radius 3 is 2.42 bits per heavy atom. The smallest absolute Gasteiger partial charge is 0.319 e. The van der Waals surface area contributed by atoms with Crippen molar-refractivity contribution in [3.63, 3.8) is 0 Å².